The lowest BCUT2D eigenvalue weighted by Gasteiger charge is -2.51. The molecule has 2 aliphatic carbocycles. The minimum absolute atomic E-state index is 0.427. The average Bonchev–Trinajstić information content (AvgIpc) is 2.91. The summed E-state index contributed by atoms with van der Waals surface area (Å²) in [7, 11) is 0. The van der Waals surface area contributed by atoms with E-state index >= 15 is 0 Å². The molecule has 1 aromatic rings. The van der Waals surface area contributed by atoms with Gasteiger partial charge in [-0.3, -0.25) is 0 Å². The number of hydrogen-bond acceptors (Lipinski definition) is 1. The van der Waals surface area contributed by atoms with Gasteiger partial charge in [-0.1, -0.05) is 47.8 Å². The molecule has 2 unspecified atom stereocenters. The molecular weight excluding hydrogens is 288 g/mol. The fourth-order valence-corrected chi connectivity index (χ4v) is 4.63. The predicted molar refractivity (Wildman–Crippen MR) is 78.5 cm³/mol. The van der Waals surface area contributed by atoms with Crippen LogP contribution in [0, 0.1) is 5.41 Å². The molecule has 0 N–H and O–H groups in total. The fraction of sp³-hybridized carbons (Fsp3) is 0.625. The van der Waals surface area contributed by atoms with Crippen LogP contribution in [0.1, 0.15) is 44.6 Å². The summed E-state index contributed by atoms with van der Waals surface area (Å²) in [6.07, 6.45) is 8.08. The molecule has 0 radical (unpaired) electrons. The second-order valence-corrected chi connectivity index (χ2v) is 6.86. The molecule has 3 rings (SSSR count). The highest BCUT2D eigenvalue weighted by molar-refractivity contribution is 9.09. The van der Waals surface area contributed by atoms with Crippen LogP contribution in [-0.2, 0) is 6.42 Å². The van der Waals surface area contributed by atoms with E-state index in [1.165, 1.54) is 31.2 Å². The minimum Gasteiger partial charge on any atom is -0.490 e. The summed E-state index contributed by atoms with van der Waals surface area (Å²) in [5, 5.41) is 0. The first kappa shape index (κ1) is 12.5. The lowest BCUT2D eigenvalue weighted by atomic mass is 9.64. The van der Waals surface area contributed by atoms with E-state index in [0.717, 1.165) is 18.6 Å². The molecule has 0 aromatic heterocycles. The Labute approximate surface area is 118 Å². The van der Waals surface area contributed by atoms with Gasteiger partial charge in [0, 0.05) is 10.2 Å². The number of alkyl halides is 1. The number of halogens is 1. The zero-order valence-electron chi connectivity index (χ0n) is 11.0. The first-order chi connectivity index (χ1) is 8.74. The lowest BCUT2D eigenvalue weighted by molar-refractivity contribution is -0.0304. The number of rotatable bonds is 3. The molecule has 0 amide bonds. The summed E-state index contributed by atoms with van der Waals surface area (Å²) in [4.78, 5) is 0.673. The Morgan fingerprint density at radius 2 is 2.11 bits per heavy atom. The smallest absolute Gasteiger partial charge is 0.120 e. The summed E-state index contributed by atoms with van der Waals surface area (Å²) >= 11 is 3.85. The third kappa shape index (κ3) is 1.99. The Morgan fingerprint density at radius 1 is 1.33 bits per heavy atom. The maximum absolute atomic E-state index is 6.27. The van der Waals surface area contributed by atoms with E-state index in [0.29, 0.717) is 16.3 Å². The third-order valence-corrected chi connectivity index (χ3v) is 6.09. The van der Waals surface area contributed by atoms with Crippen LogP contribution in [0.2, 0.25) is 0 Å². The Balaban J connectivity index is 1.73. The van der Waals surface area contributed by atoms with E-state index in [1.807, 2.05) is 0 Å². The summed E-state index contributed by atoms with van der Waals surface area (Å²) < 4.78 is 6.27. The highest BCUT2D eigenvalue weighted by Crippen LogP contribution is 2.57. The van der Waals surface area contributed by atoms with Crippen LogP contribution in [-0.4, -0.2) is 10.9 Å². The third-order valence-electron chi connectivity index (χ3n) is 4.81. The predicted octanol–water partition coefficient (Wildman–Crippen LogP) is 4.72. The van der Waals surface area contributed by atoms with Crippen LogP contribution in [0.4, 0.5) is 0 Å². The first-order valence-corrected chi connectivity index (χ1v) is 8.06. The van der Waals surface area contributed by atoms with Crippen molar-refractivity contribution in [3.8, 4) is 5.75 Å². The number of hydrogen-bond donors (Lipinski definition) is 0. The molecule has 0 heterocycles. The van der Waals surface area contributed by atoms with E-state index in [4.69, 9.17) is 4.74 Å². The standard InChI is InChI=1S/C16H21BrO/c1-2-12-6-5-7-13(10-12)18-15-11-14(17)16(15)8-3-4-9-16/h5-7,10,14-15H,2-4,8-9,11H2,1H3. The first-order valence-electron chi connectivity index (χ1n) is 7.14. The van der Waals surface area contributed by atoms with E-state index in [2.05, 4.69) is 47.1 Å². The number of ether oxygens (including phenoxy) is 1. The molecule has 0 saturated heterocycles. The van der Waals surface area contributed by atoms with Crippen molar-refractivity contribution in [3.63, 3.8) is 0 Å². The Bertz CT molecular complexity index is 423. The highest BCUT2D eigenvalue weighted by Gasteiger charge is 2.56. The second kappa shape index (κ2) is 4.88. The zero-order valence-corrected chi connectivity index (χ0v) is 12.6. The van der Waals surface area contributed by atoms with Crippen LogP contribution in [0.3, 0.4) is 0 Å². The molecule has 18 heavy (non-hydrogen) atoms. The van der Waals surface area contributed by atoms with Gasteiger partial charge >= 0.3 is 0 Å². The minimum atomic E-state index is 0.427. The summed E-state index contributed by atoms with van der Waals surface area (Å²) in [5.74, 6) is 1.06. The monoisotopic (exact) mass is 308 g/mol. The molecule has 1 nitrogen and oxygen atoms in total. The van der Waals surface area contributed by atoms with Gasteiger partial charge in [-0.25, -0.2) is 0 Å². The number of benzene rings is 1. The average molecular weight is 309 g/mol. The van der Waals surface area contributed by atoms with Crippen molar-refractivity contribution < 1.29 is 4.74 Å². The normalized spacial score (nSPS) is 29.2. The van der Waals surface area contributed by atoms with E-state index < -0.39 is 0 Å². The van der Waals surface area contributed by atoms with Gasteiger partial charge in [0.1, 0.15) is 11.9 Å². The van der Waals surface area contributed by atoms with Crippen molar-refractivity contribution in [3.05, 3.63) is 29.8 Å². The van der Waals surface area contributed by atoms with Gasteiger partial charge in [-0.05, 0) is 43.4 Å². The van der Waals surface area contributed by atoms with Crippen LogP contribution < -0.4 is 4.74 Å². The second-order valence-electron chi connectivity index (χ2n) is 5.75. The van der Waals surface area contributed by atoms with Gasteiger partial charge in [-0.2, -0.15) is 0 Å². The fourth-order valence-electron chi connectivity index (χ4n) is 3.54. The maximum Gasteiger partial charge on any atom is 0.120 e. The molecule has 2 saturated carbocycles. The molecule has 2 heteroatoms. The SMILES string of the molecule is CCc1cccc(OC2CC(Br)C23CCCC3)c1. The molecule has 1 aromatic carbocycles. The molecule has 0 bridgehead atoms. The van der Waals surface area contributed by atoms with Gasteiger partial charge in [0.2, 0.25) is 0 Å². The van der Waals surface area contributed by atoms with E-state index in [1.54, 1.807) is 0 Å². The van der Waals surface area contributed by atoms with E-state index in [-0.39, 0.29) is 0 Å². The largest absolute Gasteiger partial charge is 0.490 e. The van der Waals surface area contributed by atoms with Gasteiger partial charge in [0.25, 0.3) is 0 Å². The zero-order chi connectivity index (χ0) is 12.6. The van der Waals surface area contributed by atoms with Gasteiger partial charge in [0.05, 0.1) is 0 Å². The topological polar surface area (TPSA) is 9.23 Å². The van der Waals surface area contributed by atoms with Gasteiger partial charge < -0.3 is 4.74 Å². The molecule has 98 valence electrons. The van der Waals surface area contributed by atoms with Gasteiger partial charge in [-0.15, -0.1) is 0 Å². The van der Waals surface area contributed by atoms with Crippen molar-refractivity contribution in [1.29, 1.82) is 0 Å². The molecule has 0 aliphatic heterocycles. The Kier molecular flexibility index (Phi) is 3.40. The van der Waals surface area contributed by atoms with Gasteiger partial charge in [0.15, 0.2) is 0 Å². The van der Waals surface area contributed by atoms with Crippen molar-refractivity contribution in [2.75, 3.05) is 0 Å². The Hall–Kier alpha value is -0.500. The van der Waals surface area contributed by atoms with Crippen molar-refractivity contribution in [1.82, 2.24) is 0 Å². The van der Waals surface area contributed by atoms with Crippen molar-refractivity contribution in [2.24, 2.45) is 5.41 Å². The van der Waals surface area contributed by atoms with E-state index in [9.17, 15) is 0 Å². The Morgan fingerprint density at radius 3 is 2.78 bits per heavy atom. The highest BCUT2D eigenvalue weighted by atomic mass is 79.9. The quantitative estimate of drug-likeness (QED) is 0.734. The molecule has 1 spiro atoms. The summed E-state index contributed by atoms with van der Waals surface area (Å²) in [6.45, 7) is 2.19. The molecular formula is C16H21BrO. The van der Waals surface area contributed by atoms with Crippen LogP contribution in [0.25, 0.3) is 0 Å². The van der Waals surface area contributed by atoms with Crippen molar-refractivity contribution >= 4 is 15.9 Å². The maximum atomic E-state index is 6.27. The van der Waals surface area contributed by atoms with Crippen molar-refractivity contribution in [2.45, 2.75) is 56.4 Å². The van der Waals surface area contributed by atoms with Crippen LogP contribution in [0.5, 0.6) is 5.75 Å². The van der Waals surface area contributed by atoms with Crippen LogP contribution >= 0.6 is 15.9 Å². The van der Waals surface area contributed by atoms with Crippen LogP contribution in [0.15, 0.2) is 24.3 Å². The lowest BCUT2D eigenvalue weighted by Crippen LogP contribution is -2.55. The molecule has 2 atom stereocenters. The number of aryl methyl sites for hydroxylation is 1. The summed E-state index contributed by atoms with van der Waals surface area (Å²) in [6, 6.07) is 8.58. The molecule has 2 aliphatic rings. The summed E-state index contributed by atoms with van der Waals surface area (Å²) in [5.41, 5.74) is 1.80. The molecule has 2 fully saturated rings.